The van der Waals surface area contributed by atoms with E-state index in [0.29, 0.717) is 5.82 Å². The molecule has 22 heavy (non-hydrogen) atoms. The van der Waals surface area contributed by atoms with Gasteiger partial charge < -0.3 is 19.5 Å². The molecule has 1 aliphatic rings. The maximum absolute atomic E-state index is 12.4. The lowest BCUT2D eigenvalue weighted by molar-refractivity contribution is 0.0123. The predicted octanol–water partition coefficient (Wildman–Crippen LogP) is 0.507. The number of likely N-dealkylation sites (N-methyl/N-ethyl adjacent to an activating group) is 1. The number of carbonyl (C=O) groups is 1. The Balaban J connectivity index is 2.36. The van der Waals surface area contributed by atoms with Crippen molar-refractivity contribution in [2.24, 2.45) is 7.05 Å². The Morgan fingerprint density at radius 2 is 2.00 bits per heavy atom. The molecule has 8 nitrogen and oxygen atoms in total. The van der Waals surface area contributed by atoms with E-state index >= 15 is 0 Å². The lowest BCUT2D eigenvalue weighted by Crippen LogP contribution is -2.39. The molecule has 8 heteroatoms. The fourth-order valence-corrected chi connectivity index (χ4v) is 2.64. The largest absolute Gasteiger partial charge is 0.382 e. The van der Waals surface area contributed by atoms with Crippen molar-refractivity contribution in [2.45, 2.75) is 31.7 Å². The zero-order valence-corrected chi connectivity index (χ0v) is 13.9. The number of methoxy groups -OCH3 is 2. The summed E-state index contributed by atoms with van der Waals surface area (Å²) in [7, 11) is 6.57. The molecule has 0 saturated carbocycles. The summed E-state index contributed by atoms with van der Waals surface area (Å²) < 4.78 is 12.2. The van der Waals surface area contributed by atoms with E-state index in [4.69, 9.17) is 9.47 Å². The van der Waals surface area contributed by atoms with Crippen molar-refractivity contribution in [3.05, 3.63) is 11.8 Å². The molecular weight excluding hydrogens is 288 g/mol. The first-order chi connectivity index (χ1) is 10.2. The van der Waals surface area contributed by atoms with Gasteiger partial charge in [0, 0.05) is 34.4 Å². The monoisotopic (exact) mass is 312 g/mol. The number of nitrogens with zero attached hydrogens (tertiary/aromatic N) is 4. The second-order valence-electron chi connectivity index (χ2n) is 5.93. The van der Waals surface area contributed by atoms with E-state index in [0.717, 1.165) is 5.69 Å². The quantitative estimate of drug-likeness (QED) is 0.857. The van der Waals surface area contributed by atoms with Gasteiger partial charge in [0.15, 0.2) is 12.0 Å². The van der Waals surface area contributed by atoms with Crippen molar-refractivity contribution in [3.63, 3.8) is 0 Å². The molecule has 2 amide bonds. The average molecular weight is 312 g/mol. The van der Waals surface area contributed by atoms with Crippen LogP contribution in [0.5, 0.6) is 0 Å². The van der Waals surface area contributed by atoms with Crippen molar-refractivity contribution in [1.29, 1.82) is 0 Å². The second-order valence-corrected chi connectivity index (χ2v) is 5.93. The molecule has 1 N–H and O–H groups in total. The third kappa shape index (κ3) is 2.57. The second kappa shape index (κ2) is 5.86. The van der Waals surface area contributed by atoms with Crippen LogP contribution in [-0.2, 0) is 22.1 Å². The molecule has 2 atom stereocenters. The Morgan fingerprint density at radius 1 is 1.36 bits per heavy atom. The SMILES string of the molecule is COCC1C(O)N(c2cc(C(C)(C)OC)n(C)n2)C(=O)N1C. The molecule has 0 radical (unpaired) electrons. The van der Waals surface area contributed by atoms with E-state index in [9.17, 15) is 9.90 Å². The van der Waals surface area contributed by atoms with Crippen LogP contribution >= 0.6 is 0 Å². The Hall–Kier alpha value is -1.64. The fourth-order valence-electron chi connectivity index (χ4n) is 2.64. The van der Waals surface area contributed by atoms with Gasteiger partial charge in [-0.3, -0.25) is 4.68 Å². The maximum Gasteiger partial charge on any atom is 0.328 e. The van der Waals surface area contributed by atoms with Crippen LogP contribution in [0.1, 0.15) is 19.5 Å². The molecule has 2 rings (SSSR count). The van der Waals surface area contributed by atoms with Gasteiger partial charge in [0.1, 0.15) is 11.6 Å². The zero-order chi connectivity index (χ0) is 16.7. The minimum atomic E-state index is -1.01. The van der Waals surface area contributed by atoms with Gasteiger partial charge in [-0.2, -0.15) is 5.10 Å². The number of ether oxygens (including phenoxy) is 2. The van der Waals surface area contributed by atoms with Crippen molar-refractivity contribution < 1.29 is 19.4 Å². The molecule has 1 fully saturated rings. The molecule has 2 heterocycles. The van der Waals surface area contributed by atoms with E-state index in [1.165, 1.54) is 16.9 Å². The molecule has 1 aliphatic heterocycles. The molecule has 0 bridgehead atoms. The molecule has 124 valence electrons. The molecule has 0 aliphatic carbocycles. The van der Waals surface area contributed by atoms with Gasteiger partial charge in [-0.1, -0.05) is 0 Å². The van der Waals surface area contributed by atoms with Crippen LogP contribution in [0.15, 0.2) is 6.07 Å². The van der Waals surface area contributed by atoms with E-state index in [1.807, 2.05) is 13.8 Å². The highest BCUT2D eigenvalue weighted by atomic mass is 16.5. The van der Waals surface area contributed by atoms with Crippen LogP contribution in [0, 0.1) is 0 Å². The number of carbonyl (C=O) groups excluding carboxylic acids is 1. The van der Waals surface area contributed by atoms with Crippen molar-refractivity contribution in [3.8, 4) is 0 Å². The highest BCUT2D eigenvalue weighted by Gasteiger charge is 2.45. The number of urea groups is 1. The van der Waals surface area contributed by atoms with Crippen LogP contribution in [0.3, 0.4) is 0 Å². The smallest absolute Gasteiger partial charge is 0.328 e. The van der Waals surface area contributed by atoms with Gasteiger partial charge in [0.05, 0.1) is 12.3 Å². The van der Waals surface area contributed by atoms with Crippen molar-refractivity contribution in [1.82, 2.24) is 14.7 Å². The van der Waals surface area contributed by atoms with Crippen LogP contribution in [0.4, 0.5) is 10.6 Å². The summed E-state index contributed by atoms with van der Waals surface area (Å²) >= 11 is 0. The van der Waals surface area contributed by atoms with Crippen LogP contribution in [-0.4, -0.2) is 66.0 Å². The highest BCUT2D eigenvalue weighted by molar-refractivity contribution is 5.94. The first-order valence-corrected chi connectivity index (χ1v) is 7.07. The summed E-state index contributed by atoms with van der Waals surface area (Å²) in [5.41, 5.74) is 0.258. The van der Waals surface area contributed by atoms with Gasteiger partial charge in [0.25, 0.3) is 0 Å². The summed E-state index contributed by atoms with van der Waals surface area (Å²) in [4.78, 5) is 15.1. The lowest BCUT2D eigenvalue weighted by atomic mass is 10.1. The van der Waals surface area contributed by atoms with E-state index in [1.54, 1.807) is 32.0 Å². The number of aromatic nitrogens is 2. The standard InChI is InChI=1S/C14H24N4O4/c1-14(2,22-6)10-7-11(15-17(10)4)18-12(19)9(8-21-5)16(3)13(18)20/h7,9,12,19H,8H2,1-6H3. The third-order valence-electron chi connectivity index (χ3n) is 4.19. The number of hydrogen-bond acceptors (Lipinski definition) is 5. The third-order valence-corrected chi connectivity index (χ3v) is 4.19. The Labute approximate surface area is 130 Å². The van der Waals surface area contributed by atoms with Crippen molar-refractivity contribution in [2.75, 3.05) is 32.8 Å². The van der Waals surface area contributed by atoms with Gasteiger partial charge in [-0.15, -0.1) is 0 Å². The van der Waals surface area contributed by atoms with Gasteiger partial charge >= 0.3 is 6.03 Å². The lowest BCUT2D eigenvalue weighted by Gasteiger charge is -2.22. The molecule has 2 unspecified atom stereocenters. The minimum Gasteiger partial charge on any atom is -0.382 e. The Morgan fingerprint density at radius 3 is 2.55 bits per heavy atom. The minimum absolute atomic E-state index is 0.253. The Kier molecular flexibility index (Phi) is 4.46. The molecular formula is C14H24N4O4. The summed E-state index contributed by atoms with van der Waals surface area (Å²) in [5, 5.41) is 14.8. The first-order valence-electron chi connectivity index (χ1n) is 7.07. The number of aryl methyl sites for hydroxylation is 1. The predicted molar refractivity (Wildman–Crippen MR) is 80.6 cm³/mol. The number of anilines is 1. The summed E-state index contributed by atoms with van der Waals surface area (Å²) in [5.74, 6) is 0.394. The van der Waals surface area contributed by atoms with E-state index in [-0.39, 0.29) is 12.6 Å². The molecule has 1 saturated heterocycles. The molecule has 1 aromatic rings. The van der Waals surface area contributed by atoms with Gasteiger partial charge in [-0.05, 0) is 13.8 Å². The number of aliphatic hydroxyl groups excluding tert-OH is 1. The van der Waals surface area contributed by atoms with Crippen LogP contribution < -0.4 is 4.90 Å². The number of amides is 2. The van der Waals surface area contributed by atoms with Gasteiger partial charge in [-0.25, -0.2) is 9.69 Å². The fraction of sp³-hybridized carbons (Fsp3) is 0.714. The number of aliphatic hydroxyl groups is 1. The van der Waals surface area contributed by atoms with Crippen LogP contribution in [0.2, 0.25) is 0 Å². The van der Waals surface area contributed by atoms with Crippen molar-refractivity contribution >= 4 is 11.8 Å². The summed E-state index contributed by atoms with van der Waals surface area (Å²) in [6.07, 6.45) is -1.01. The van der Waals surface area contributed by atoms with E-state index < -0.39 is 17.9 Å². The molecule has 0 aromatic carbocycles. The number of rotatable bonds is 5. The molecule has 0 spiro atoms. The molecule has 1 aromatic heterocycles. The summed E-state index contributed by atoms with van der Waals surface area (Å²) in [6, 6.07) is 1.01. The normalized spacial score (nSPS) is 22.8. The Bertz CT molecular complexity index is 557. The van der Waals surface area contributed by atoms with Gasteiger partial charge in [0.2, 0.25) is 0 Å². The number of hydrogen-bond donors (Lipinski definition) is 1. The zero-order valence-electron chi connectivity index (χ0n) is 13.9. The van der Waals surface area contributed by atoms with E-state index in [2.05, 4.69) is 5.10 Å². The first kappa shape index (κ1) is 16.7. The average Bonchev–Trinajstić information content (AvgIpc) is 2.94. The summed E-state index contributed by atoms with van der Waals surface area (Å²) in [6.45, 7) is 4.08. The van der Waals surface area contributed by atoms with Crippen LogP contribution in [0.25, 0.3) is 0 Å². The highest BCUT2D eigenvalue weighted by Crippen LogP contribution is 2.31. The topological polar surface area (TPSA) is 80.1 Å². The maximum atomic E-state index is 12.4.